The average molecular weight is 269 g/mol. The third kappa shape index (κ3) is 4.60. The molecule has 0 bridgehead atoms. The van der Waals surface area contributed by atoms with Crippen LogP contribution in [-0.4, -0.2) is 22.5 Å². The first kappa shape index (κ1) is 11.8. The molecule has 1 heteroatoms. The van der Waals surface area contributed by atoms with E-state index in [1.165, 1.54) is 5.57 Å². The van der Waals surface area contributed by atoms with Crippen LogP contribution < -0.4 is 0 Å². The Morgan fingerprint density at radius 2 is 1.33 bits per heavy atom. The summed E-state index contributed by atoms with van der Waals surface area (Å²) in [4.78, 5) is 0. The fourth-order valence-electron chi connectivity index (χ4n) is 1.14. The number of rotatable bonds is 6. The Hall–Kier alpha value is -0.241. The Labute approximate surface area is 88.8 Å². The third-order valence-electron chi connectivity index (χ3n) is 1.84. The van der Waals surface area contributed by atoms with E-state index in [0.29, 0.717) is 22.5 Å². The van der Waals surface area contributed by atoms with Crippen molar-refractivity contribution in [3.05, 3.63) is 47.1 Å². The van der Waals surface area contributed by atoms with Gasteiger partial charge in [0.25, 0.3) is 0 Å². The molecule has 0 aromatic carbocycles. The zero-order chi connectivity index (χ0) is 9.40. The van der Waals surface area contributed by atoms with Crippen LogP contribution in [0.2, 0.25) is 0 Å². The predicted molar refractivity (Wildman–Crippen MR) is 61.4 cm³/mol. The molecule has 0 spiro atoms. The quantitative estimate of drug-likeness (QED) is 0.513. The van der Waals surface area contributed by atoms with Gasteiger partial charge in [0.1, 0.15) is 0 Å². The van der Waals surface area contributed by atoms with E-state index in [0.717, 1.165) is 19.3 Å². The molecule has 0 aliphatic heterocycles. The molecule has 0 aromatic rings. The van der Waals surface area contributed by atoms with Crippen LogP contribution in [0.1, 0.15) is 19.3 Å². The summed E-state index contributed by atoms with van der Waals surface area (Å²) in [6, 6.07) is 0. The summed E-state index contributed by atoms with van der Waals surface area (Å²) >= 11 is 0.601. The SMILES string of the molecule is C=CC[C]([SnH3])=C(CC=C)CC=C. The molecule has 0 saturated heterocycles. The second kappa shape index (κ2) is 7.41. The first-order valence-corrected chi connectivity index (χ1v) is 7.11. The number of hydrogen-bond donors (Lipinski definition) is 0. The van der Waals surface area contributed by atoms with Crippen molar-refractivity contribution in [1.29, 1.82) is 0 Å². The molecular weight excluding hydrogens is 251 g/mol. The van der Waals surface area contributed by atoms with E-state index >= 15 is 0 Å². The average Bonchev–Trinajstić information content (AvgIpc) is 2.04. The molecule has 12 heavy (non-hydrogen) atoms. The minimum atomic E-state index is 0.601. The Bertz CT molecular complexity index is 187. The molecule has 0 nitrogen and oxygen atoms in total. The van der Waals surface area contributed by atoms with Gasteiger partial charge < -0.3 is 0 Å². The molecule has 0 heterocycles. The van der Waals surface area contributed by atoms with Gasteiger partial charge in [0.15, 0.2) is 0 Å². The van der Waals surface area contributed by atoms with Crippen LogP contribution in [0.5, 0.6) is 0 Å². The Kier molecular flexibility index (Phi) is 7.26. The monoisotopic (exact) mass is 270 g/mol. The van der Waals surface area contributed by atoms with Gasteiger partial charge in [-0.3, -0.25) is 0 Å². The molecule has 0 N–H and O–H groups in total. The van der Waals surface area contributed by atoms with Gasteiger partial charge in [-0.05, 0) is 0 Å². The van der Waals surface area contributed by atoms with Crippen molar-refractivity contribution in [2.75, 3.05) is 0 Å². The first-order chi connectivity index (χ1) is 5.76. The Morgan fingerprint density at radius 3 is 1.67 bits per heavy atom. The summed E-state index contributed by atoms with van der Waals surface area (Å²) in [6.07, 6.45) is 9.02. The summed E-state index contributed by atoms with van der Waals surface area (Å²) in [5, 5.41) is 0. The van der Waals surface area contributed by atoms with E-state index in [1.54, 1.807) is 3.59 Å². The van der Waals surface area contributed by atoms with E-state index in [1.807, 2.05) is 18.2 Å². The van der Waals surface area contributed by atoms with E-state index in [-0.39, 0.29) is 0 Å². The fraction of sp³-hybridized carbons (Fsp3) is 0.273. The summed E-state index contributed by atoms with van der Waals surface area (Å²) in [5.74, 6) is 0. The minimum absolute atomic E-state index is 0.601. The predicted octanol–water partition coefficient (Wildman–Crippen LogP) is 2.33. The molecule has 0 amide bonds. The van der Waals surface area contributed by atoms with Crippen LogP contribution in [0, 0.1) is 0 Å². The first-order valence-electron chi connectivity index (χ1n) is 4.26. The zero-order valence-corrected chi connectivity index (χ0v) is 13.7. The second-order valence-electron chi connectivity index (χ2n) is 2.86. The van der Waals surface area contributed by atoms with Crippen LogP contribution >= 0.6 is 0 Å². The molecule has 0 aliphatic carbocycles. The van der Waals surface area contributed by atoms with Crippen LogP contribution in [-0.2, 0) is 0 Å². The van der Waals surface area contributed by atoms with Crippen molar-refractivity contribution in [3.8, 4) is 0 Å². The molecule has 0 radical (unpaired) electrons. The van der Waals surface area contributed by atoms with Crippen LogP contribution in [0.15, 0.2) is 47.1 Å². The standard InChI is InChI=1S/C11H15.Sn.3H/c1-4-7-10-11(8-5-2)9-6-3;;;;/h4-6H,1-3,7-9H2;;;;. The van der Waals surface area contributed by atoms with Crippen molar-refractivity contribution >= 4 is 22.5 Å². The van der Waals surface area contributed by atoms with E-state index in [4.69, 9.17) is 0 Å². The van der Waals surface area contributed by atoms with Gasteiger partial charge in [-0.2, -0.15) is 0 Å². The molecule has 0 unspecified atom stereocenters. The van der Waals surface area contributed by atoms with Gasteiger partial charge >= 0.3 is 88.9 Å². The fourth-order valence-corrected chi connectivity index (χ4v) is 3.13. The summed E-state index contributed by atoms with van der Waals surface area (Å²) < 4.78 is 1.60. The van der Waals surface area contributed by atoms with Crippen LogP contribution in [0.25, 0.3) is 0 Å². The third-order valence-corrected chi connectivity index (χ3v) is 5.02. The number of hydrogen-bond acceptors (Lipinski definition) is 0. The van der Waals surface area contributed by atoms with Crippen LogP contribution in [0.4, 0.5) is 0 Å². The van der Waals surface area contributed by atoms with Gasteiger partial charge in [0, 0.05) is 0 Å². The molecule has 0 saturated carbocycles. The molecular formula is C11H18Sn. The Balaban J connectivity index is 4.39. The number of allylic oxidation sites excluding steroid dienone is 5. The summed E-state index contributed by atoms with van der Waals surface area (Å²) in [5.41, 5.74) is 1.51. The topological polar surface area (TPSA) is 0 Å². The van der Waals surface area contributed by atoms with Gasteiger partial charge in [0.2, 0.25) is 0 Å². The van der Waals surface area contributed by atoms with Gasteiger partial charge in [0.05, 0.1) is 0 Å². The zero-order valence-electron chi connectivity index (χ0n) is 7.97. The van der Waals surface area contributed by atoms with Crippen LogP contribution in [0.3, 0.4) is 0 Å². The van der Waals surface area contributed by atoms with Crippen molar-refractivity contribution in [2.24, 2.45) is 0 Å². The summed E-state index contributed by atoms with van der Waals surface area (Å²) in [7, 11) is 0. The van der Waals surface area contributed by atoms with E-state index in [9.17, 15) is 0 Å². The summed E-state index contributed by atoms with van der Waals surface area (Å²) in [6.45, 7) is 11.3. The van der Waals surface area contributed by atoms with E-state index < -0.39 is 0 Å². The molecule has 0 atom stereocenters. The second-order valence-corrected chi connectivity index (χ2v) is 6.31. The van der Waals surface area contributed by atoms with Gasteiger partial charge in [-0.1, -0.05) is 0 Å². The Morgan fingerprint density at radius 1 is 0.917 bits per heavy atom. The normalized spacial score (nSPS) is 9.00. The maximum absolute atomic E-state index is 3.75. The van der Waals surface area contributed by atoms with E-state index in [2.05, 4.69) is 19.7 Å². The molecule has 0 rings (SSSR count). The molecule has 0 aromatic heterocycles. The van der Waals surface area contributed by atoms with Gasteiger partial charge in [-0.25, -0.2) is 0 Å². The van der Waals surface area contributed by atoms with Crippen molar-refractivity contribution in [1.82, 2.24) is 0 Å². The molecule has 0 fully saturated rings. The molecule has 0 aliphatic rings. The molecule has 66 valence electrons. The van der Waals surface area contributed by atoms with Crippen molar-refractivity contribution in [2.45, 2.75) is 19.3 Å². The van der Waals surface area contributed by atoms with Crippen molar-refractivity contribution < 1.29 is 0 Å². The van der Waals surface area contributed by atoms with Gasteiger partial charge in [-0.15, -0.1) is 0 Å². The maximum atomic E-state index is 3.75. The van der Waals surface area contributed by atoms with Crippen molar-refractivity contribution in [3.63, 3.8) is 0 Å².